The van der Waals surface area contributed by atoms with Gasteiger partial charge in [0.2, 0.25) is 0 Å². The Morgan fingerprint density at radius 3 is 0.829 bits per heavy atom. The highest BCUT2D eigenvalue weighted by Gasteiger charge is 2.04. The molecule has 0 aliphatic rings. The van der Waals surface area contributed by atoms with E-state index in [1.54, 1.807) is 11.1 Å². The lowest BCUT2D eigenvalue weighted by Crippen LogP contribution is -1.92. The Morgan fingerprint density at radius 1 is 0.343 bits per heavy atom. The number of hydrogen-bond donors (Lipinski definition) is 1. The van der Waals surface area contributed by atoms with Crippen molar-refractivity contribution >= 4 is 0 Å². The molecule has 1 aromatic heterocycles. The quantitative estimate of drug-likeness (QED) is 0.113. The van der Waals surface area contributed by atoms with Crippen LogP contribution >= 0.6 is 0 Å². The van der Waals surface area contributed by atoms with E-state index in [1.165, 1.54) is 180 Å². The molecule has 1 heteroatoms. The summed E-state index contributed by atoms with van der Waals surface area (Å²) in [5, 5.41) is 0. The van der Waals surface area contributed by atoms with Gasteiger partial charge >= 0.3 is 0 Å². The van der Waals surface area contributed by atoms with E-state index in [4.69, 9.17) is 0 Å². The van der Waals surface area contributed by atoms with E-state index in [2.05, 4.69) is 31.2 Å². The molecule has 0 spiro atoms. The molecule has 0 amide bonds. The molecule has 206 valence electrons. The molecule has 1 heterocycles. The second-order valence-electron chi connectivity index (χ2n) is 11.5. The molecule has 0 aliphatic carbocycles. The van der Waals surface area contributed by atoms with Crippen LogP contribution in [0.4, 0.5) is 0 Å². The number of aromatic nitrogens is 1. The van der Waals surface area contributed by atoms with Crippen molar-refractivity contribution in [3.8, 4) is 0 Å². The van der Waals surface area contributed by atoms with Crippen molar-refractivity contribution in [1.82, 2.24) is 4.98 Å². The molecule has 1 rings (SSSR count). The fraction of sp³-hybridized carbons (Fsp3) is 0.882. The van der Waals surface area contributed by atoms with Crippen LogP contribution in [-0.2, 0) is 12.8 Å². The number of unbranched alkanes of at least 4 members (excludes halogenated alkanes) is 24. The minimum absolute atomic E-state index is 1.29. The van der Waals surface area contributed by atoms with Gasteiger partial charge in [-0.3, -0.25) is 0 Å². The van der Waals surface area contributed by atoms with Crippen LogP contribution in [0.5, 0.6) is 0 Å². The van der Waals surface area contributed by atoms with E-state index in [-0.39, 0.29) is 0 Å². The number of rotatable bonds is 28. The molecule has 1 aromatic rings. The predicted molar refractivity (Wildman–Crippen MR) is 160 cm³/mol. The number of aryl methyl sites for hydroxylation is 2. The van der Waals surface area contributed by atoms with Gasteiger partial charge in [0.15, 0.2) is 0 Å². The van der Waals surface area contributed by atoms with E-state index in [0.717, 1.165) is 0 Å². The molecular weight excluding hydrogens is 422 g/mol. The summed E-state index contributed by atoms with van der Waals surface area (Å²) in [5.74, 6) is 0. The van der Waals surface area contributed by atoms with Crippen molar-refractivity contribution in [3.05, 3.63) is 23.5 Å². The maximum atomic E-state index is 3.39. The average molecular weight is 488 g/mol. The van der Waals surface area contributed by atoms with Crippen LogP contribution in [0.25, 0.3) is 0 Å². The molecule has 0 aromatic carbocycles. The number of H-pyrrole nitrogens is 1. The van der Waals surface area contributed by atoms with Gasteiger partial charge in [-0.25, -0.2) is 0 Å². The van der Waals surface area contributed by atoms with Crippen LogP contribution in [-0.4, -0.2) is 4.98 Å². The Bertz CT molecular complexity index is 516. The lowest BCUT2D eigenvalue weighted by Gasteiger charge is -2.06. The van der Waals surface area contributed by atoms with Gasteiger partial charge in [-0.15, -0.1) is 0 Å². The van der Waals surface area contributed by atoms with Crippen LogP contribution in [0.15, 0.2) is 12.4 Å². The first-order valence-electron chi connectivity index (χ1n) is 16.5. The Morgan fingerprint density at radius 2 is 0.571 bits per heavy atom. The molecular formula is C34H65N. The molecule has 0 saturated heterocycles. The molecule has 1 N–H and O–H groups in total. The Hall–Kier alpha value is -0.720. The fourth-order valence-corrected chi connectivity index (χ4v) is 5.56. The van der Waals surface area contributed by atoms with Crippen LogP contribution in [0.2, 0.25) is 0 Å². The van der Waals surface area contributed by atoms with Crippen molar-refractivity contribution in [3.63, 3.8) is 0 Å². The van der Waals surface area contributed by atoms with Gasteiger partial charge in [-0.05, 0) is 36.8 Å². The lowest BCUT2D eigenvalue weighted by atomic mass is 9.99. The predicted octanol–water partition coefficient (Wildman–Crippen LogP) is 12.3. The molecule has 0 bridgehead atoms. The smallest absolute Gasteiger partial charge is 0.00401 e. The normalized spacial score (nSPS) is 11.5. The Labute approximate surface area is 222 Å². The summed E-state index contributed by atoms with van der Waals surface area (Å²) in [6.45, 7) is 4.61. The second kappa shape index (κ2) is 26.3. The van der Waals surface area contributed by atoms with Crippen LogP contribution < -0.4 is 0 Å². The third kappa shape index (κ3) is 21.1. The Kier molecular flexibility index (Phi) is 24.3. The van der Waals surface area contributed by atoms with Gasteiger partial charge in [-0.2, -0.15) is 0 Å². The summed E-state index contributed by atoms with van der Waals surface area (Å²) in [6, 6.07) is 0. The topological polar surface area (TPSA) is 15.8 Å². The first-order chi connectivity index (χ1) is 17.4. The molecule has 0 saturated carbocycles. The van der Waals surface area contributed by atoms with Crippen molar-refractivity contribution in [2.75, 3.05) is 0 Å². The highest BCUT2D eigenvalue weighted by Crippen LogP contribution is 2.18. The number of aromatic amines is 1. The van der Waals surface area contributed by atoms with Gasteiger partial charge in [0, 0.05) is 12.4 Å². The first kappa shape index (κ1) is 32.3. The third-order valence-electron chi connectivity index (χ3n) is 8.03. The monoisotopic (exact) mass is 488 g/mol. The molecule has 0 atom stereocenters. The summed E-state index contributed by atoms with van der Waals surface area (Å²) in [6.07, 6.45) is 44.6. The maximum absolute atomic E-state index is 3.39. The van der Waals surface area contributed by atoms with E-state index >= 15 is 0 Å². The maximum Gasteiger partial charge on any atom is 0.00401 e. The molecule has 0 unspecified atom stereocenters. The van der Waals surface area contributed by atoms with Crippen molar-refractivity contribution in [2.45, 2.75) is 194 Å². The first-order valence-corrected chi connectivity index (χ1v) is 16.5. The van der Waals surface area contributed by atoms with Gasteiger partial charge in [0.1, 0.15) is 0 Å². The summed E-state index contributed by atoms with van der Waals surface area (Å²) in [4.78, 5) is 3.39. The van der Waals surface area contributed by atoms with E-state index in [9.17, 15) is 0 Å². The zero-order chi connectivity index (χ0) is 25.1. The van der Waals surface area contributed by atoms with Crippen LogP contribution in [0, 0.1) is 0 Å². The van der Waals surface area contributed by atoms with Crippen molar-refractivity contribution in [1.29, 1.82) is 0 Å². The SMILES string of the molecule is CCCCCCCCCCCCCCCCc1c[nH]cc1CCCCCCCCCCCCCC. The zero-order valence-electron chi connectivity index (χ0n) is 24.5. The molecule has 0 radical (unpaired) electrons. The standard InChI is InChI=1S/C34H65N/c1-3-5-7-9-11-13-15-17-18-20-22-24-26-28-30-34-32-35-31-33(34)29-27-25-23-21-19-16-14-12-10-8-6-4-2/h31-32,35H,3-30H2,1-2H3. The molecule has 1 nitrogen and oxygen atoms in total. The summed E-state index contributed by atoms with van der Waals surface area (Å²) in [5.41, 5.74) is 3.21. The highest BCUT2D eigenvalue weighted by atomic mass is 14.6. The van der Waals surface area contributed by atoms with Crippen LogP contribution in [0.1, 0.15) is 192 Å². The van der Waals surface area contributed by atoms with Gasteiger partial charge in [0.05, 0.1) is 0 Å². The fourth-order valence-electron chi connectivity index (χ4n) is 5.56. The van der Waals surface area contributed by atoms with Gasteiger partial charge < -0.3 is 4.98 Å². The minimum Gasteiger partial charge on any atom is -0.367 e. The van der Waals surface area contributed by atoms with Gasteiger partial charge in [-0.1, -0.05) is 168 Å². The summed E-state index contributed by atoms with van der Waals surface area (Å²) < 4.78 is 0. The summed E-state index contributed by atoms with van der Waals surface area (Å²) in [7, 11) is 0. The second-order valence-corrected chi connectivity index (χ2v) is 11.5. The average Bonchev–Trinajstić information content (AvgIpc) is 3.32. The summed E-state index contributed by atoms with van der Waals surface area (Å²) >= 11 is 0. The Balaban J connectivity index is 1.86. The van der Waals surface area contributed by atoms with E-state index < -0.39 is 0 Å². The zero-order valence-corrected chi connectivity index (χ0v) is 24.5. The van der Waals surface area contributed by atoms with E-state index in [1.807, 2.05) is 0 Å². The third-order valence-corrected chi connectivity index (χ3v) is 8.03. The van der Waals surface area contributed by atoms with Crippen molar-refractivity contribution in [2.24, 2.45) is 0 Å². The lowest BCUT2D eigenvalue weighted by molar-refractivity contribution is 0.535. The molecule has 0 aliphatic heterocycles. The minimum atomic E-state index is 1.29. The van der Waals surface area contributed by atoms with Gasteiger partial charge in [0.25, 0.3) is 0 Å². The van der Waals surface area contributed by atoms with Crippen LogP contribution in [0.3, 0.4) is 0 Å². The number of hydrogen-bond acceptors (Lipinski definition) is 0. The highest BCUT2D eigenvalue weighted by molar-refractivity contribution is 5.23. The van der Waals surface area contributed by atoms with Crippen molar-refractivity contribution < 1.29 is 0 Å². The molecule has 0 fully saturated rings. The number of nitrogens with one attached hydrogen (secondary N) is 1. The largest absolute Gasteiger partial charge is 0.367 e. The van der Waals surface area contributed by atoms with E-state index in [0.29, 0.717) is 0 Å². The molecule has 35 heavy (non-hydrogen) atoms.